The van der Waals surface area contributed by atoms with Crippen LogP contribution in [0.15, 0.2) is 30.5 Å². The Morgan fingerprint density at radius 3 is 2.58 bits per heavy atom. The van der Waals surface area contributed by atoms with Gasteiger partial charge in [-0.25, -0.2) is 13.6 Å². The number of aliphatic hydroxyl groups is 2. The molecule has 0 aliphatic carbocycles. The largest absolute Gasteiger partial charge is 0.461 e. The van der Waals surface area contributed by atoms with Crippen LogP contribution in [0.2, 0.25) is 10.0 Å². The molecule has 0 saturated carbocycles. The number of nitrogens with one attached hydrogen (secondary N) is 1. The maximum absolute atomic E-state index is 15.5. The molecule has 0 bridgehead atoms. The summed E-state index contributed by atoms with van der Waals surface area (Å²) in [5.74, 6) is 0.157. The van der Waals surface area contributed by atoms with E-state index in [2.05, 4.69) is 10.3 Å². The second-order valence-electron chi connectivity index (χ2n) is 7.08. The SMILES string of the molecule is O=C(Nc1ccc(OCF)c(Cl)c1)N1CCC(F)(c2ncc([C@H](O)CO)cc2Cl)CC1. The van der Waals surface area contributed by atoms with E-state index in [1.165, 1.54) is 35.4 Å². The number of hydrogen-bond donors (Lipinski definition) is 3. The van der Waals surface area contributed by atoms with Crippen LogP contribution < -0.4 is 10.1 Å². The number of aliphatic hydroxyl groups excluding tert-OH is 2. The quantitative estimate of drug-likeness (QED) is 0.581. The number of amides is 2. The van der Waals surface area contributed by atoms with E-state index in [9.17, 15) is 14.3 Å². The first-order valence-corrected chi connectivity index (χ1v) is 10.2. The molecule has 0 radical (unpaired) electrons. The van der Waals surface area contributed by atoms with Crippen molar-refractivity contribution in [3.63, 3.8) is 0 Å². The van der Waals surface area contributed by atoms with Gasteiger partial charge < -0.3 is 25.2 Å². The first-order valence-electron chi connectivity index (χ1n) is 9.45. The maximum atomic E-state index is 15.5. The first-order chi connectivity index (χ1) is 14.8. The number of rotatable bonds is 6. The summed E-state index contributed by atoms with van der Waals surface area (Å²) in [6.07, 6.45) is 0.104. The van der Waals surface area contributed by atoms with Crippen LogP contribution in [0.1, 0.15) is 30.2 Å². The number of likely N-dealkylation sites (tertiary alicyclic amines) is 1. The zero-order chi connectivity index (χ0) is 22.6. The average Bonchev–Trinajstić information content (AvgIpc) is 2.75. The summed E-state index contributed by atoms with van der Waals surface area (Å²) in [7, 11) is 0. The second-order valence-corrected chi connectivity index (χ2v) is 7.89. The molecule has 11 heteroatoms. The number of hydrogen-bond acceptors (Lipinski definition) is 5. The predicted octanol–water partition coefficient (Wildman–Crippen LogP) is 4.21. The van der Waals surface area contributed by atoms with E-state index in [4.69, 9.17) is 33.0 Å². The summed E-state index contributed by atoms with van der Waals surface area (Å²) in [6.45, 7) is -1.27. The Kier molecular flexibility index (Phi) is 7.53. The number of pyridine rings is 1. The lowest BCUT2D eigenvalue weighted by molar-refractivity contribution is 0.0679. The Bertz CT molecular complexity index is 943. The molecule has 7 nitrogen and oxygen atoms in total. The molecular formula is C20H21Cl2F2N3O4. The number of carbonyl (C=O) groups is 1. The Hall–Kier alpha value is -2.20. The molecule has 1 saturated heterocycles. The molecule has 0 unspecified atom stereocenters. The van der Waals surface area contributed by atoms with Crippen LogP contribution in [0.25, 0.3) is 0 Å². The number of halogens is 4. The summed E-state index contributed by atoms with van der Waals surface area (Å²) in [5.41, 5.74) is -1.11. The summed E-state index contributed by atoms with van der Waals surface area (Å²) < 4.78 is 32.5. The third-order valence-corrected chi connectivity index (χ3v) is 5.66. The number of alkyl halides is 2. The minimum Gasteiger partial charge on any atom is -0.461 e. The summed E-state index contributed by atoms with van der Waals surface area (Å²) in [6, 6.07) is 5.33. The molecule has 1 aromatic carbocycles. The summed E-state index contributed by atoms with van der Waals surface area (Å²) in [5, 5.41) is 21.6. The molecular weight excluding hydrogens is 455 g/mol. The minimum atomic E-state index is -1.83. The van der Waals surface area contributed by atoms with Gasteiger partial charge in [-0.05, 0) is 24.3 Å². The van der Waals surface area contributed by atoms with Gasteiger partial charge in [0.25, 0.3) is 0 Å². The lowest BCUT2D eigenvalue weighted by Crippen LogP contribution is -2.45. The van der Waals surface area contributed by atoms with Crippen LogP contribution in [-0.2, 0) is 5.67 Å². The molecule has 1 aliphatic rings. The first kappa shape index (κ1) is 23.5. The third kappa shape index (κ3) is 5.35. The van der Waals surface area contributed by atoms with Crippen molar-refractivity contribution in [3.05, 3.63) is 51.8 Å². The van der Waals surface area contributed by atoms with Gasteiger partial charge in [0.1, 0.15) is 11.9 Å². The number of aromatic nitrogens is 1. The highest BCUT2D eigenvalue weighted by Gasteiger charge is 2.40. The Labute approximate surface area is 187 Å². The van der Waals surface area contributed by atoms with Gasteiger partial charge in [-0.2, -0.15) is 0 Å². The molecule has 31 heavy (non-hydrogen) atoms. The summed E-state index contributed by atoms with van der Waals surface area (Å²) >= 11 is 12.2. The number of urea groups is 1. The predicted molar refractivity (Wildman–Crippen MR) is 112 cm³/mol. The molecule has 3 rings (SSSR count). The highest BCUT2D eigenvalue weighted by Crippen LogP contribution is 2.40. The highest BCUT2D eigenvalue weighted by atomic mass is 35.5. The van der Waals surface area contributed by atoms with Crippen molar-refractivity contribution in [1.29, 1.82) is 0 Å². The van der Waals surface area contributed by atoms with Crippen molar-refractivity contribution in [1.82, 2.24) is 9.88 Å². The molecule has 0 spiro atoms. The fourth-order valence-electron chi connectivity index (χ4n) is 3.33. The van der Waals surface area contributed by atoms with E-state index in [1.807, 2.05) is 0 Å². The molecule has 3 N–H and O–H groups in total. The Balaban J connectivity index is 1.63. The molecule has 1 aliphatic heterocycles. The van der Waals surface area contributed by atoms with Crippen molar-refractivity contribution >= 4 is 34.9 Å². The van der Waals surface area contributed by atoms with E-state index in [-0.39, 0.29) is 47.4 Å². The third-order valence-electron chi connectivity index (χ3n) is 5.08. The Morgan fingerprint density at radius 1 is 1.29 bits per heavy atom. The van der Waals surface area contributed by atoms with E-state index < -0.39 is 31.3 Å². The van der Waals surface area contributed by atoms with Gasteiger partial charge in [-0.1, -0.05) is 23.2 Å². The van der Waals surface area contributed by atoms with E-state index in [0.717, 1.165) is 0 Å². The van der Waals surface area contributed by atoms with Gasteiger partial charge in [-0.15, -0.1) is 0 Å². The molecule has 1 aromatic heterocycles. The fraction of sp³-hybridized carbons (Fsp3) is 0.400. The number of piperidine rings is 1. The number of nitrogens with zero attached hydrogens (tertiary/aromatic N) is 2. The van der Waals surface area contributed by atoms with Gasteiger partial charge in [0, 0.05) is 43.4 Å². The van der Waals surface area contributed by atoms with E-state index in [0.29, 0.717) is 11.3 Å². The lowest BCUT2D eigenvalue weighted by atomic mass is 9.89. The number of anilines is 1. The number of carbonyl (C=O) groups excluding carboxylic acids is 1. The van der Waals surface area contributed by atoms with Gasteiger partial charge in [-0.3, -0.25) is 4.98 Å². The molecule has 2 heterocycles. The van der Waals surface area contributed by atoms with Gasteiger partial charge in [0.2, 0.25) is 6.86 Å². The molecule has 168 valence electrons. The van der Waals surface area contributed by atoms with Crippen molar-refractivity contribution in [2.24, 2.45) is 0 Å². The topological polar surface area (TPSA) is 94.9 Å². The van der Waals surface area contributed by atoms with Crippen molar-refractivity contribution in [2.45, 2.75) is 24.6 Å². The normalized spacial score (nSPS) is 16.6. The van der Waals surface area contributed by atoms with Crippen LogP contribution >= 0.6 is 23.2 Å². The van der Waals surface area contributed by atoms with Crippen molar-refractivity contribution in [2.75, 3.05) is 31.9 Å². The zero-order valence-corrected chi connectivity index (χ0v) is 17.8. The number of benzene rings is 1. The van der Waals surface area contributed by atoms with Gasteiger partial charge >= 0.3 is 6.03 Å². The average molecular weight is 476 g/mol. The minimum absolute atomic E-state index is 0.0148. The molecule has 2 aromatic rings. The lowest BCUT2D eigenvalue weighted by Gasteiger charge is -2.36. The molecule has 1 fully saturated rings. The standard InChI is InChI=1S/C20H21Cl2F2N3O4/c21-14-8-13(1-2-17(14)31-11-23)26-19(30)27-5-3-20(24,4-6-27)18-15(22)7-12(9-25-18)16(29)10-28/h1-2,7-9,16,28-29H,3-6,10-11H2,(H,26,30)/t16-/m1/s1. The van der Waals surface area contributed by atoms with Gasteiger partial charge in [0.15, 0.2) is 5.67 Å². The van der Waals surface area contributed by atoms with E-state index >= 15 is 4.39 Å². The van der Waals surface area contributed by atoms with Crippen molar-refractivity contribution < 1.29 is 28.5 Å². The van der Waals surface area contributed by atoms with Crippen LogP contribution in [0.4, 0.5) is 19.3 Å². The molecule has 2 amide bonds. The van der Waals surface area contributed by atoms with Crippen LogP contribution in [0, 0.1) is 0 Å². The Morgan fingerprint density at radius 2 is 2.00 bits per heavy atom. The highest BCUT2D eigenvalue weighted by molar-refractivity contribution is 6.32. The maximum Gasteiger partial charge on any atom is 0.321 e. The van der Waals surface area contributed by atoms with Crippen LogP contribution in [0.5, 0.6) is 5.75 Å². The monoisotopic (exact) mass is 475 g/mol. The smallest absolute Gasteiger partial charge is 0.321 e. The van der Waals surface area contributed by atoms with Crippen LogP contribution in [-0.4, -0.2) is 52.7 Å². The zero-order valence-electron chi connectivity index (χ0n) is 16.3. The summed E-state index contributed by atoms with van der Waals surface area (Å²) in [4.78, 5) is 18.0. The fourth-order valence-corrected chi connectivity index (χ4v) is 3.91. The van der Waals surface area contributed by atoms with Gasteiger partial charge in [0.05, 0.1) is 22.3 Å². The second kappa shape index (κ2) is 9.95. The van der Waals surface area contributed by atoms with Crippen LogP contribution in [0.3, 0.4) is 0 Å². The number of ether oxygens (including phenoxy) is 1. The van der Waals surface area contributed by atoms with E-state index in [1.54, 1.807) is 0 Å². The van der Waals surface area contributed by atoms with Crippen molar-refractivity contribution in [3.8, 4) is 5.75 Å². The molecule has 1 atom stereocenters.